The fourth-order valence-electron chi connectivity index (χ4n) is 0.466. The summed E-state index contributed by atoms with van der Waals surface area (Å²) in [5.74, 6) is -1.71. The molecule has 0 aliphatic carbocycles. The van der Waals surface area contributed by atoms with Gasteiger partial charge in [-0.1, -0.05) is 0 Å². The summed E-state index contributed by atoms with van der Waals surface area (Å²) in [4.78, 5) is 21.0. The summed E-state index contributed by atoms with van der Waals surface area (Å²) in [6.07, 6.45) is 0.489. The van der Waals surface area contributed by atoms with Crippen molar-refractivity contribution in [1.82, 2.24) is 0 Å². The monoisotopic (exact) mass is 200 g/mol. The third kappa shape index (κ3) is 7.60. The van der Waals surface area contributed by atoms with Crippen LogP contribution in [0.3, 0.4) is 0 Å². The number of aliphatic hydroxyl groups excluding tert-OH is 1. The first kappa shape index (κ1) is 14.8. The molecule has 1 N–H and O–H groups in total. The fraction of sp³-hybridized carbons (Fsp3) is 0.429. The van der Waals surface area contributed by atoms with Crippen LogP contribution in [-0.4, -0.2) is 54.3 Å². The maximum atomic E-state index is 10.5. The summed E-state index contributed by atoms with van der Waals surface area (Å²) in [6.45, 7) is 0. The number of hydrogen-bond donors (Lipinski definition) is 1. The summed E-state index contributed by atoms with van der Waals surface area (Å²) in [7, 11) is 2.36. The average molecular weight is 200 g/mol. The van der Waals surface area contributed by atoms with Crippen LogP contribution in [0.1, 0.15) is 9.27 Å². The number of hydrogen-bond acceptors (Lipinski definition) is 5. The average Bonchev–Trinajstić information content (AvgIpc) is 2.03. The summed E-state index contributed by atoms with van der Waals surface area (Å²) < 4.78 is 8.45. The van der Waals surface area contributed by atoms with Crippen molar-refractivity contribution in [3.05, 3.63) is 11.8 Å². The molecule has 0 fully saturated rings. The quantitative estimate of drug-likeness (QED) is 0.301. The third-order valence-corrected chi connectivity index (χ3v) is 1.04. The minimum absolute atomic E-state index is 0. The number of esters is 2. The van der Waals surface area contributed by atoms with Crippen molar-refractivity contribution in [3.63, 3.8) is 0 Å². The maximum Gasteiger partial charge on any atom is 2.00 e. The van der Waals surface area contributed by atoms with Gasteiger partial charge >= 0.3 is 35.0 Å². The van der Waals surface area contributed by atoms with Gasteiger partial charge in [-0.25, -0.2) is 4.79 Å². The molecule has 0 aliphatic rings. The molecular formula is C7H12MgO5. The first-order chi connectivity index (χ1) is 5.60. The van der Waals surface area contributed by atoms with Gasteiger partial charge in [0.2, 0.25) is 0 Å². The smallest absolute Gasteiger partial charge is 1.00 e. The molecule has 0 atom stereocenters. The topological polar surface area (TPSA) is 72.8 Å². The first-order valence-electron chi connectivity index (χ1n) is 3.14. The Labute approximate surface area is 94.8 Å². The molecule has 5 nitrogen and oxygen atoms in total. The van der Waals surface area contributed by atoms with Crippen molar-refractivity contribution in [1.29, 1.82) is 0 Å². The Morgan fingerprint density at radius 1 is 1.38 bits per heavy atom. The molecule has 0 saturated heterocycles. The van der Waals surface area contributed by atoms with Crippen LogP contribution in [-0.2, 0) is 19.1 Å². The van der Waals surface area contributed by atoms with Gasteiger partial charge in [0.15, 0.2) is 0 Å². The van der Waals surface area contributed by atoms with Crippen LogP contribution in [0.25, 0.3) is 0 Å². The molecule has 0 aliphatic heterocycles. The third-order valence-electron chi connectivity index (χ3n) is 1.04. The van der Waals surface area contributed by atoms with Crippen molar-refractivity contribution < 1.29 is 27.0 Å². The summed E-state index contributed by atoms with van der Waals surface area (Å²) in [5.41, 5.74) is 0. The van der Waals surface area contributed by atoms with E-state index in [1.165, 1.54) is 14.2 Å². The summed E-state index contributed by atoms with van der Waals surface area (Å²) in [5, 5.41) is 8.91. The van der Waals surface area contributed by atoms with Crippen molar-refractivity contribution >= 4 is 35.0 Å². The van der Waals surface area contributed by atoms with E-state index in [2.05, 4.69) is 9.47 Å². The van der Waals surface area contributed by atoms with E-state index >= 15 is 0 Å². The zero-order valence-electron chi connectivity index (χ0n) is 9.57. The molecule has 0 radical (unpaired) electrons. The van der Waals surface area contributed by atoms with Crippen molar-refractivity contribution in [2.24, 2.45) is 0 Å². The van der Waals surface area contributed by atoms with Crippen LogP contribution in [0.15, 0.2) is 11.8 Å². The van der Waals surface area contributed by atoms with Gasteiger partial charge in [-0.2, -0.15) is 0 Å². The van der Waals surface area contributed by atoms with Crippen LogP contribution in [0, 0.1) is 0 Å². The summed E-state index contributed by atoms with van der Waals surface area (Å²) in [6, 6.07) is 0. The van der Waals surface area contributed by atoms with Gasteiger partial charge in [0.05, 0.1) is 20.3 Å². The molecule has 0 bridgehead atoms. The maximum absolute atomic E-state index is 10.5. The van der Waals surface area contributed by atoms with E-state index in [9.17, 15) is 9.59 Å². The molecule has 0 rings (SSSR count). The number of carbonyl (C=O) groups is 2. The second-order valence-electron chi connectivity index (χ2n) is 1.91. The van der Waals surface area contributed by atoms with Crippen LogP contribution < -0.4 is 0 Å². The molecule has 72 valence electrons. The van der Waals surface area contributed by atoms with E-state index in [-0.39, 0.29) is 38.1 Å². The van der Waals surface area contributed by atoms with Crippen LogP contribution in [0.4, 0.5) is 0 Å². The minimum Gasteiger partial charge on any atom is -1.00 e. The Morgan fingerprint density at radius 3 is 2.31 bits per heavy atom. The number of carbonyl (C=O) groups excluding carboxylic acids is 2. The van der Waals surface area contributed by atoms with E-state index in [4.69, 9.17) is 5.11 Å². The van der Waals surface area contributed by atoms with E-state index in [1.807, 2.05) is 0 Å². The molecule has 0 heterocycles. The molecule has 0 aromatic rings. The minimum atomic E-state index is -0.712. The van der Waals surface area contributed by atoms with Gasteiger partial charge in [-0.15, -0.1) is 0 Å². The van der Waals surface area contributed by atoms with Gasteiger partial charge in [-0.3, -0.25) is 4.79 Å². The summed E-state index contributed by atoms with van der Waals surface area (Å²) >= 11 is 0. The van der Waals surface area contributed by atoms with Crippen molar-refractivity contribution in [2.45, 2.75) is 6.42 Å². The number of ether oxygens (including phenoxy) is 2. The molecule has 0 amide bonds. The molecule has 0 aromatic carbocycles. The predicted octanol–water partition coefficient (Wildman–Crippen LogP) is 0.00860. The molecule has 0 spiro atoms. The van der Waals surface area contributed by atoms with Gasteiger partial charge in [0, 0.05) is 0 Å². The fourth-order valence-corrected chi connectivity index (χ4v) is 0.466. The van der Waals surface area contributed by atoms with E-state index in [0.717, 1.165) is 6.08 Å². The second kappa shape index (κ2) is 7.87. The van der Waals surface area contributed by atoms with E-state index in [1.54, 1.807) is 0 Å². The largest absolute Gasteiger partial charge is 2.00 e. The molecule has 0 saturated carbocycles. The van der Waals surface area contributed by atoms with E-state index in [0.29, 0.717) is 0 Å². The SMILES string of the molecule is COC(=O)/C=C(\O)CC(=O)OC.[H-].[H-].[Mg+2]. The normalized spacial score (nSPS) is 9.85. The molecule has 0 unspecified atom stereocenters. The molecular weight excluding hydrogens is 188 g/mol. The van der Waals surface area contributed by atoms with Crippen molar-refractivity contribution in [2.75, 3.05) is 14.2 Å². The zero-order chi connectivity index (χ0) is 9.56. The first-order valence-corrected chi connectivity index (χ1v) is 3.14. The van der Waals surface area contributed by atoms with Crippen molar-refractivity contribution in [3.8, 4) is 0 Å². The molecule has 0 aromatic heterocycles. The Balaban J connectivity index is -0.000000202. The Kier molecular flexibility index (Phi) is 8.93. The Bertz CT molecular complexity index is 219. The van der Waals surface area contributed by atoms with Gasteiger partial charge in [0.25, 0.3) is 0 Å². The second-order valence-corrected chi connectivity index (χ2v) is 1.91. The van der Waals surface area contributed by atoms with Gasteiger partial charge in [-0.05, 0) is 0 Å². The van der Waals surface area contributed by atoms with Crippen LogP contribution >= 0.6 is 0 Å². The van der Waals surface area contributed by atoms with Crippen LogP contribution in [0.5, 0.6) is 0 Å². The molecule has 13 heavy (non-hydrogen) atoms. The number of rotatable bonds is 3. The van der Waals surface area contributed by atoms with Gasteiger partial charge in [0.1, 0.15) is 12.2 Å². The number of methoxy groups -OCH3 is 2. The van der Waals surface area contributed by atoms with E-state index < -0.39 is 11.9 Å². The number of aliphatic hydroxyl groups is 1. The standard InChI is InChI=1S/C7H10O5.Mg.2H/c1-11-6(9)3-5(8)4-7(10)12-2;;;/h3,8H,4H2,1-2H3;;;/q;+2;2*-1/b5-3-;;;. The van der Waals surface area contributed by atoms with Gasteiger partial charge < -0.3 is 17.4 Å². The zero-order valence-corrected chi connectivity index (χ0v) is 8.99. The molecule has 6 heteroatoms. The Morgan fingerprint density at radius 2 is 1.92 bits per heavy atom. The van der Waals surface area contributed by atoms with Crippen LogP contribution in [0.2, 0.25) is 0 Å². The predicted molar refractivity (Wildman–Crippen MR) is 47.3 cm³/mol. The Hall–Kier alpha value is -0.754.